The van der Waals surface area contributed by atoms with Gasteiger partial charge in [-0.05, 0) is 26.3 Å². The first-order chi connectivity index (χ1) is 10.9. The smallest absolute Gasteiger partial charge is 0.254 e. The number of aryl methyl sites for hydroxylation is 2. The molecule has 1 heterocycles. The van der Waals surface area contributed by atoms with E-state index in [1.165, 1.54) is 6.07 Å². The van der Waals surface area contributed by atoms with Crippen molar-refractivity contribution in [2.45, 2.75) is 27.2 Å². The van der Waals surface area contributed by atoms with E-state index in [-0.39, 0.29) is 18.0 Å². The molecule has 0 unspecified atom stereocenters. The fraction of sp³-hybridized carbons (Fsp3) is 0.375. The van der Waals surface area contributed by atoms with Crippen LogP contribution in [0, 0.1) is 19.7 Å². The Labute approximate surface area is 133 Å². The number of benzene rings is 1. The molecule has 0 saturated carbocycles. The van der Waals surface area contributed by atoms with Gasteiger partial charge in [-0.15, -0.1) is 0 Å². The van der Waals surface area contributed by atoms with Gasteiger partial charge in [0.1, 0.15) is 11.3 Å². The minimum atomic E-state index is -0.573. The molecular weight excluding hydrogens is 299 g/mol. The number of fused-ring (bicyclic) bond motifs is 1. The van der Waals surface area contributed by atoms with Crippen LogP contribution in [0.1, 0.15) is 35.1 Å². The normalized spacial score (nSPS) is 10.6. The predicted octanol–water partition coefficient (Wildman–Crippen LogP) is 1.64. The van der Waals surface area contributed by atoms with E-state index in [9.17, 15) is 14.0 Å². The lowest BCUT2D eigenvalue weighted by molar-refractivity contribution is -0.120. The SMILES string of the molecule is CCCNC(=O)CNC(=O)c1cc(F)cc2nc(C)c(C)nc12. The van der Waals surface area contributed by atoms with Crippen LogP contribution in [-0.4, -0.2) is 34.9 Å². The summed E-state index contributed by atoms with van der Waals surface area (Å²) in [5.74, 6) is -1.42. The summed E-state index contributed by atoms with van der Waals surface area (Å²) < 4.78 is 13.7. The van der Waals surface area contributed by atoms with Crippen LogP contribution in [-0.2, 0) is 4.79 Å². The molecule has 0 aliphatic carbocycles. The quantitative estimate of drug-likeness (QED) is 0.878. The second-order valence-electron chi connectivity index (χ2n) is 5.25. The van der Waals surface area contributed by atoms with Crippen molar-refractivity contribution in [2.24, 2.45) is 0 Å². The number of rotatable bonds is 5. The maximum absolute atomic E-state index is 13.7. The van der Waals surface area contributed by atoms with E-state index in [2.05, 4.69) is 20.6 Å². The van der Waals surface area contributed by atoms with Crippen molar-refractivity contribution in [3.63, 3.8) is 0 Å². The van der Waals surface area contributed by atoms with E-state index in [0.29, 0.717) is 29.0 Å². The fourth-order valence-corrected chi connectivity index (χ4v) is 2.05. The molecule has 0 spiro atoms. The summed E-state index contributed by atoms with van der Waals surface area (Å²) in [6, 6.07) is 2.34. The first-order valence-electron chi connectivity index (χ1n) is 7.41. The third-order valence-corrected chi connectivity index (χ3v) is 3.37. The zero-order chi connectivity index (χ0) is 17.0. The largest absolute Gasteiger partial charge is 0.355 e. The fourth-order valence-electron chi connectivity index (χ4n) is 2.05. The van der Waals surface area contributed by atoms with Crippen molar-refractivity contribution in [3.05, 3.63) is 34.9 Å². The lowest BCUT2D eigenvalue weighted by atomic mass is 10.1. The number of carbonyl (C=O) groups excluding carboxylic acids is 2. The second-order valence-corrected chi connectivity index (χ2v) is 5.25. The van der Waals surface area contributed by atoms with E-state index in [4.69, 9.17) is 0 Å². The Morgan fingerprint density at radius 3 is 2.52 bits per heavy atom. The molecule has 1 aromatic heterocycles. The number of nitrogens with one attached hydrogen (secondary N) is 2. The number of nitrogens with zero attached hydrogens (tertiary/aromatic N) is 2. The second kappa shape index (κ2) is 7.13. The Balaban J connectivity index is 2.26. The van der Waals surface area contributed by atoms with E-state index in [0.717, 1.165) is 12.5 Å². The molecule has 2 rings (SSSR count). The molecule has 2 aromatic rings. The number of aromatic nitrogens is 2. The summed E-state index contributed by atoms with van der Waals surface area (Å²) >= 11 is 0. The van der Waals surface area contributed by atoms with Crippen LogP contribution in [0.3, 0.4) is 0 Å². The molecule has 2 amide bonds. The Hall–Kier alpha value is -2.57. The van der Waals surface area contributed by atoms with Crippen LogP contribution in [0.2, 0.25) is 0 Å². The van der Waals surface area contributed by atoms with Crippen LogP contribution in [0.15, 0.2) is 12.1 Å². The number of hydrogen-bond donors (Lipinski definition) is 2. The highest BCUT2D eigenvalue weighted by Gasteiger charge is 2.16. The average molecular weight is 318 g/mol. The Kier molecular flexibility index (Phi) is 5.20. The Morgan fingerprint density at radius 1 is 1.13 bits per heavy atom. The number of amides is 2. The van der Waals surface area contributed by atoms with E-state index in [1.807, 2.05) is 6.92 Å². The van der Waals surface area contributed by atoms with Gasteiger partial charge in [-0.2, -0.15) is 0 Å². The van der Waals surface area contributed by atoms with Crippen molar-refractivity contribution in [1.29, 1.82) is 0 Å². The topological polar surface area (TPSA) is 84.0 Å². The third kappa shape index (κ3) is 4.00. The monoisotopic (exact) mass is 318 g/mol. The lowest BCUT2D eigenvalue weighted by Gasteiger charge is -2.09. The van der Waals surface area contributed by atoms with Crippen LogP contribution in [0.5, 0.6) is 0 Å². The van der Waals surface area contributed by atoms with Crippen LogP contribution in [0.4, 0.5) is 4.39 Å². The van der Waals surface area contributed by atoms with Gasteiger partial charge in [0, 0.05) is 12.6 Å². The minimum Gasteiger partial charge on any atom is -0.355 e. The third-order valence-electron chi connectivity index (χ3n) is 3.37. The first-order valence-corrected chi connectivity index (χ1v) is 7.41. The van der Waals surface area contributed by atoms with Gasteiger partial charge < -0.3 is 10.6 Å². The summed E-state index contributed by atoms with van der Waals surface area (Å²) in [6.07, 6.45) is 0.808. The summed E-state index contributed by atoms with van der Waals surface area (Å²) in [5, 5.41) is 5.12. The highest BCUT2D eigenvalue weighted by Crippen LogP contribution is 2.19. The molecule has 6 nitrogen and oxygen atoms in total. The van der Waals surface area contributed by atoms with Crippen LogP contribution < -0.4 is 10.6 Å². The maximum Gasteiger partial charge on any atom is 0.254 e. The highest BCUT2D eigenvalue weighted by molar-refractivity contribution is 6.05. The first kappa shape index (κ1) is 16.8. The minimum absolute atomic E-state index is 0.0684. The van der Waals surface area contributed by atoms with Crippen molar-refractivity contribution in [1.82, 2.24) is 20.6 Å². The van der Waals surface area contributed by atoms with Gasteiger partial charge in [-0.3, -0.25) is 9.59 Å². The van der Waals surface area contributed by atoms with Crippen molar-refractivity contribution >= 4 is 22.8 Å². The van der Waals surface area contributed by atoms with Gasteiger partial charge in [-0.25, -0.2) is 14.4 Å². The zero-order valence-electron chi connectivity index (χ0n) is 13.4. The maximum atomic E-state index is 13.7. The van der Waals surface area contributed by atoms with Gasteiger partial charge in [0.15, 0.2) is 0 Å². The van der Waals surface area contributed by atoms with Crippen molar-refractivity contribution in [3.8, 4) is 0 Å². The lowest BCUT2D eigenvalue weighted by Crippen LogP contribution is -2.37. The molecule has 1 aromatic carbocycles. The molecule has 0 radical (unpaired) electrons. The molecular formula is C16H19FN4O2. The van der Waals surface area contributed by atoms with E-state index in [1.54, 1.807) is 13.8 Å². The molecule has 122 valence electrons. The highest BCUT2D eigenvalue weighted by atomic mass is 19.1. The average Bonchev–Trinajstić information content (AvgIpc) is 2.51. The van der Waals surface area contributed by atoms with Gasteiger partial charge >= 0.3 is 0 Å². The van der Waals surface area contributed by atoms with Gasteiger partial charge in [-0.1, -0.05) is 6.92 Å². The number of hydrogen-bond acceptors (Lipinski definition) is 4. The van der Waals surface area contributed by atoms with Gasteiger partial charge in [0.05, 0.1) is 29.0 Å². The summed E-state index contributed by atoms with van der Waals surface area (Å²) in [6.45, 7) is 5.84. The molecule has 2 N–H and O–H groups in total. The molecule has 0 saturated heterocycles. The van der Waals surface area contributed by atoms with Crippen molar-refractivity contribution < 1.29 is 14.0 Å². The summed E-state index contributed by atoms with van der Waals surface area (Å²) in [5.41, 5.74) is 2.04. The van der Waals surface area contributed by atoms with Crippen LogP contribution in [0.25, 0.3) is 11.0 Å². The summed E-state index contributed by atoms with van der Waals surface area (Å²) in [7, 11) is 0. The molecule has 0 aliphatic rings. The Morgan fingerprint density at radius 2 is 1.83 bits per heavy atom. The zero-order valence-corrected chi connectivity index (χ0v) is 13.4. The molecule has 7 heteroatoms. The Bertz CT molecular complexity index is 761. The molecule has 0 aliphatic heterocycles. The predicted molar refractivity (Wildman–Crippen MR) is 84.6 cm³/mol. The molecule has 0 fully saturated rings. The van der Waals surface area contributed by atoms with Gasteiger partial charge in [0.25, 0.3) is 5.91 Å². The van der Waals surface area contributed by atoms with Crippen LogP contribution >= 0.6 is 0 Å². The van der Waals surface area contributed by atoms with E-state index >= 15 is 0 Å². The van der Waals surface area contributed by atoms with E-state index < -0.39 is 11.7 Å². The summed E-state index contributed by atoms with van der Waals surface area (Å²) in [4.78, 5) is 32.4. The molecule has 0 atom stereocenters. The number of halogens is 1. The van der Waals surface area contributed by atoms with Crippen molar-refractivity contribution in [2.75, 3.05) is 13.1 Å². The molecule has 23 heavy (non-hydrogen) atoms. The molecule has 0 bridgehead atoms. The standard InChI is InChI=1S/C16H19FN4O2/c1-4-5-18-14(22)8-19-16(23)12-6-11(17)7-13-15(12)21-10(3)9(2)20-13/h6-7H,4-5,8H2,1-3H3,(H,18,22)(H,19,23). The number of carbonyl (C=O) groups is 2. The van der Waals surface area contributed by atoms with Gasteiger partial charge in [0.2, 0.25) is 5.91 Å².